The van der Waals surface area contributed by atoms with E-state index < -0.39 is 0 Å². The highest BCUT2D eigenvalue weighted by Gasteiger charge is 2.35. The van der Waals surface area contributed by atoms with E-state index in [2.05, 4.69) is 35.1 Å². The average molecular weight is 320 g/mol. The first kappa shape index (κ1) is 16.0. The second-order valence-electron chi connectivity index (χ2n) is 5.58. The first-order valence-electron chi connectivity index (χ1n) is 7.02. The van der Waals surface area contributed by atoms with Gasteiger partial charge in [0.2, 0.25) is 5.91 Å². The number of ether oxygens (including phenoxy) is 1. The van der Waals surface area contributed by atoms with Crippen LogP contribution in [0.15, 0.2) is 0 Å². The standard InChI is InChI=1S/C14H26BrNO2/c1-5-14(6-2)9-11(7-8-18-14)16-13(17)12(15)10(3)4/h10-12H,5-9H2,1-4H3,(H,16,17). The first-order valence-corrected chi connectivity index (χ1v) is 7.94. The molecule has 0 saturated carbocycles. The van der Waals surface area contributed by atoms with Gasteiger partial charge in [0, 0.05) is 12.6 Å². The zero-order valence-electron chi connectivity index (χ0n) is 12.0. The molecule has 18 heavy (non-hydrogen) atoms. The molecule has 1 aliphatic rings. The van der Waals surface area contributed by atoms with E-state index in [9.17, 15) is 4.79 Å². The summed E-state index contributed by atoms with van der Waals surface area (Å²) in [4.78, 5) is 11.9. The number of nitrogens with one attached hydrogen (secondary N) is 1. The van der Waals surface area contributed by atoms with E-state index in [1.165, 1.54) is 0 Å². The van der Waals surface area contributed by atoms with E-state index >= 15 is 0 Å². The molecule has 0 aromatic rings. The molecule has 1 heterocycles. The summed E-state index contributed by atoms with van der Waals surface area (Å²) in [6, 6.07) is 0.255. The summed E-state index contributed by atoms with van der Waals surface area (Å²) in [5, 5.41) is 3.16. The van der Waals surface area contributed by atoms with E-state index in [1.807, 2.05) is 13.8 Å². The van der Waals surface area contributed by atoms with Gasteiger partial charge in [-0.2, -0.15) is 0 Å². The quantitative estimate of drug-likeness (QED) is 0.790. The number of carbonyl (C=O) groups is 1. The molecule has 0 bridgehead atoms. The number of hydrogen-bond acceptors (Lipinski definition) is 2. The highest BCUT2D eigenvalue weighted by Crippen LogP contribution is 2.31. The van der Waals surface area contributed by atoms with E-state index in [-0.39, 0.29) is 22.4 Å². The molecule has 0 aromatic heterocycles. The van der Waals surface area contributed by atoms with Crippen molar-refractivity contribution in [2.24, 2.45) is 5.92 Å². The summed E-state index contributed by atoms with van der Waals surface area (Å²) in [6.45, 7) is 9.17. The van der Waals surface area contributed by atoms with E-state index in [1.54, 1.807) is 0 Å². The van der Waals surface area contributed by atoms with E-state index in [0.29, 0.717) is 5.92 Å². The van der Waals surface area contributed by atoms with Gasteiger partial charge in [0.15, 0.2) is 0 Å². The Balaban J connectivity index is 2.55. The smallest absolute Gasteiger partial charge is 0.234 e. The molecule has 1 aliphatic heterocycles. The summed E-state index contributed by atoms with van der Waals surface area (Å²) in [5.74, 6) is 0.421. The van der Waals surface area contributed by atoms with Crippen LogP contribution < -0.4 is 5.32 Å². The van der Waals surface area contributed by atoms with Crippen molar-refractivity contribution in [1.29, 1.82) is 0 Å². The fourth-order valence-corrected chi connectivity index (χ4v) is 2.61. The predicted molar refractivity (Wildman–Crippen MR) is 78.0 cm³/mol. The van der Waals surface area contributed by atoms with E-state index in [0.717, 1.165) is 32.3 Å². The number of carbonyl (C=O) groups excluding carboxylic acids is 1. The van der Waals surface area contributed by atoms with Crippen LogP contribution >= 0.6 is 15.9 Å². The first-order chi connectivity index (χ1) is 8.44. The Kier molecular flexibility index (Phi) is 6.12. The Morgan fingerprint density at radius 1 is 1.44 bits per heavy atom. The largest absolute Gasteiger partial charge is 0.375 e. The van der Waals surface area contributed by atoms with Gasteiger partial charge in [-0.05, 0) is 31.6 Å². The van der Waals surface area contributed by atoms with Gasteiger partial charge in [-0.1, -0.05) is 43.6 Å². The molecule has 0 aromatic carbocycles. The third-order valence-corrected chi connectivity index (χ3v) is 5.44. The van der Waals surface area contributed by atoms with Gasteiger partial charge in [0.05, 0.1) is 10.4 Å². The van der Waals surface area contributed by atoms with Gasteiger partial charge < -0.3 is 10.1 Å². The third-order valence-electron chi connectivity index (χ3n) is 3.96. The van der Waals surface area contributed by atoms with Gasteiger partial charge in [0.25, 0.3) is 0 Å². The minimum Gasteiger partial charge on any atom is -0.375 e. The topological polar surface area (TPSA) is 38.3 Å². The maximum atomic E-state index is 12.0. The minimum absolute atomic E-state index is 0.0319. The van der Waals surface area contributed by atoms with Crippen LogP contribution in [0.5, 0.6) is 0 Å². The maximum Gasteiger partial charge on any atom is 0.234 e. The lowest BCUT2D eigenvalue weighted by Gasteiger charge is -2.40. The summed E-state index contributed by atoms with van der Waals surface area (Å²) in [5.41, 5.74) is -0.0319. The van der Waals surface area contributed by atoms with Crippen LogP contribution in [0, 0.1) is 5.92 Å². The number of alkyl halides is 1. The Hall–Kier alpha value is -0.0900. The monoisotopic (exact) mass is 319 g/mol. The molecule has 1 saturated heterocycles. The van der Waals surface area contributed by atoms with E-state index in [4.69, 9.17) is 4.74 Å². The Morgan fingerprint density at radius 2 is 2.06 bits per heavy atom. The van der Waals surface area contributed by atoms with Crippen molar-refractivity contribution < 1.29 is 9.53 Å². The van der Waals surface area contributed by atoms with Gasteiger partial charge in [-0.25, -0.2) is 0 Å². The van der Waals surface area contributed by atoms with Gasteiger partial charge >= 0.3 is 0 Å². The molecule has 0 radical (unpaired) electrons. The molecule has 0 spiro atoms. The van der Waals surface area contributed by atoms with Crippen molar-refractivity contribution in [1.82, 2.24) is 5.32 Å². The SMILES string of the molecule is CCC1(CC)CC(NC(=O)C(Br)C(C)C)CCO1. The van der Waals surface area contributed by atoms with Crippen molar-refractivity contribution in [3.05, 3.63) is 0 Å². The summed E-state index contributed by atoms with van der Waals surface area (Å²) >= 11 is 3.45. The molecule has 1 N–H and O–H groups in total. The van der Waals surface area contributed by atoms with Crippen molar-refractivity contribution in [2.75, 3.05) is 6.61 Å². The highest BCUT2D eigenvalue weighted by atomic mass is 79.9. The molecule has 3 nitrogen and oxygen atoms in total. The van der Waals surface area contributed by atoms with Gasteiger partial charge in [-0.3, -0.25) is 4.79 Å². The Labute approximate surface area is 119 Å². The third kappa shape index (κ3) is 3.95. The number of amides is 1. The molecule has 0 aliphatic carbocycles. The molecule has 1 fully saturated rings. The van der Waals surface area contributed by atoms with Gasteiger partial charge in [0.1, 0.15) is 0 Å². The predicted octanol–water partition coefficient (Wildman–Crippen LogP) is 3.26. The number of halogens is 1. The molecule has 1 amide bonds. The van der Waals surface area contributed by atoms with Crippen LogP contribution in [-0.2, 0) is 9.53 Å². The molecular weight excluding hydrogens is 294 g/mol. The van der Waals surface area contributed by atoms with Crippen LogP contribution in [0.1, 0.15) is 53.4 Å². The number of hydrogen-bond donors (Lipinski definition) is 1. The zero-order valence-corrected chi connectivity index (χ0v) is 13.5. The van der Waals surface area contributed by atoms with Crippen molar-refractivity contribution in [3.63, 3.8) is 0 Å². The van der Waals surface area contributed by atoms with Crippen molar-refractivity contribution in [3.8, 4) is 0 Å². The summed E-state index contributed by atoms with van der Waals surface area (Å²) in [7, 11) is 0. The highest BCUT2D eigenvalue weighted by molar-refractivity contribution is 9.10. The normalized spacial score (nSPS) is 24.9. The second kappa shape index (κ2) is 6.90. The molecule has 106 valence electrons. The summed E-state index contributed by atoms with van der Waals surface area (Å²) in [6.07, 6.45) is 3.88. The molecular formula is C14H26BrNO2. The van der Waals surface area contributed by atoms with Crippen molar-refractivity contribution in [2.45, 2.75) is 69.8 Å². The summed E-state index contributed by atoms with van der Waals surface area (Å²) < 4.78 is 5.92. The molecule has 2 atom stereocenters. The van der Waals surface area contributed by atoms with Crippen LogP contribution in [0.25, 0.3) is 0 Å². The van der Waals surface area contributed by atoms with Crippen LogP contribution in [0.4, 0.5) is 0 Å². The minimum atomic E-state index is -0.0991. The Morgan fingerprint density at radius 3 is 2.56 bits per heavy atom. The molecule has 2 unspecified atom stereocenters. The lowest BCUT2D eigenvalue weighted by molar-refractivity contribution is -0.126. The lowest BCUT2D eigenvalue weighted by Crippen LogP contribution is -2.50. The lowest BCUT2D eigenvalue weighted by atomic mass is 9.86. The fraction of sp³-hybridized carbons (Fsp3) is 0.929. The molecule has 4 heteroatoms. The maximum absolute atomic E-state index is 12.0. The van der Waals surface area contributed by atoms with Crippen molar-refractivity contribution >= 4 is 21.8 Å². The Bertz CT molecular complexity index is 277. The van der Waals surface area contributed by atoms with Crippen LogP contribution in [-0.4, -0.2) is 29.0 Å². The average Bonchev–Trinajstić information content (AvgIpc) is 2.37. The fourth-order valence-electron chi connectivity index (χ4n) is 2.48. The van der Waals surface area contributed by atoms with Gasteiger partial charge in [-0.15, -0.1) is 0 Å². The zero-order chi connectivity index (χ0) is 13.8. The number of rotatable bonds is 5. The van der Waals surface area contributed by atoms with Crippen LogP contribution in [0.3, 0.4) is 0 Å². The molecule has 1 rings (SSSR count). The second-order valence-corrected chi connectivity index (χ2v) is 6.57. The van der Waals surface area contributed by atoms with Crippen LogP contribution in [0.2, 0.25) is 0 Å².